The fraction of sp³-hybridized carbons (Fsp3) is 0.364. The first kappa shape index (κ1) is 21.1. The summed E-state index contributed by atoms with van der Waals surface area (Å²) in [5, 5.41) is 0.472. The van der Waals surface area contributed by atoms with E-state index in [0.29, 0.717) is 34.9 Å². The van der Waals surface area contributed by atoms with Gasteiger partial charge in [-0.25, -0.2) is 9.37 Å². The van der Waals surface area contributed by atoms with Gasteiger partial charge in [0.15, 0.2) is 0 Å². The lowest BCUT2D eigenvalue weighted by Gasteiger charge is -2.23. The first-order valence-corrected chi connectivity index (χ1v) is 10.1. The van der Waals surface area contributed by atoms with Gasteiger partial charge >= 0.3 is 0 Å². The fourth-order valence-corrected chi connectivity index (χ4v) is 3.63. The lowest BCUT2D eigenvalue weighted by atomic mass is 10.1. The van der Waals surface area contributed by atoms with E-state index >= 15 is 0 Å². The minimum atomic E-state index is -0.324. The van der Waals surface area contributed by atoms with Crippen LogP contribution >= 0.6 is 11.6 Å². The number of carbonyl (C=O) groups excluding carboxylic acids is 1. The molecule has 0 fully saturated rings. The quantitative estimate of drug-likeness (QED) is 0.499. The maximum absolute atomic E-state index is 13.7. The highest BCUT2D eigenvalue weighted by Crippen LogP contribution is 2.26. The number of hydrogen-bond acceptors (Lipinski definition) is 3. The van der Waals surface area contributed by atoms with Gasteiger partial charge in [-0.2, -0.15) is 0 Å². The Morgan fingerprint density at radius 1 is 1.21 bits per heavy atom. The zero-order valence-electron chi connectivity index (χ0n) is 16.9. The molecule has 7 heteroatoms. The van der Waals surface area contributed by atoms with Crippen LogP contribution in [0.4, 0.5) is 4.39 Å². The van der Waals surface area contributed by atoms with Gasteiger partial charge in [-0.3, -0.25) is 4.79 Å². The zero-order valence-corrected chi connectivity index (χ0v) is 17.7. The molecule has 0 bridgehead atoms. The molecule has 0 aliphatic carbocycles. The van der Waals surface area contributed by atoms with Crippen molar-refractivity contribution in [3.05, 3.63) is 58.6 Å². The molecule has 0 radical (unpaired) electrons. The number of hydrogen-bond donors (Lipinski definition) is 0. The van der Waals surface area contributed by atoms with E-state index in [2.05, 4.69) is 16.5 Å². The Kier molecular flexibility index (Phi) is 6.75. The summed E-state index contributed by atoms with van der Waals surface area (Å²) < 4.78 is 21.1. The number of amides is 1. The van der Waals surface area contributed by atoms with E-state index in [-0.39, 0.29) is 11.7 Å². The molecule has 29 heavy (non-hydrogen) atoms. The van der Waals surface area contributed by atoms with Crippen molar-refractivity contribution in [1.29, 1.82) is 0 Å². The normalized spacial score (nSPS) is 11.1. The summed E-state index contributed by atoms with van der Waals surface area (Å²) in [5.41, 5.74) is 1.88. The van der Waals surface area contributed by atoms with E-state index in [1.165, 1.54) is 19.2 Å². The van der Waals surface area contributed by atoms with Crippen LogP contribution in [0.25, 0.3) is 11.0 Å². The number of benzene rings is 2. The van der Waals surface area contributed by atoms with Gasteiger partial charge in [0.05, 0.1) is 30.3 Å². The molecular weight excluding hydrogens is 393 g/mol. The summed E-state index contributed by atoms with van der Waals surface area (Å²) in [7, 11) is 1.53. The highest BCUT2D eigenvalue weighted by molar-refractivity contribution is 6.31. The van der Waals surface area contributed by atoms with Gasteiger partial charge in [0.1, 0.15) is 17.4 Å². The topological polar surface area (TPSA) is 47.4 Å². The molecule has 0 saturated carbocycles. The lowest BCUT2D eigenvalue weighted by molar-refractivity contribution is 0.0734. The molecule has 154 valence electrons. The van der Waals surface area contributed by atoms with Crippen molar-refractivity contribution in [3.8, 4) is 5.75 Å². The Morgan fingerprint density at radius 2 is 2.00 bits per heavy atom. The van der Waals surface area contributed by atoms with Crippen LogP contribution in [-0.4, -0.2) is 34.0 Å². The maximum atomic E-state index is 13.7. The molecular formula is C22H25ClFN3O2. The standard InChI is InChI=1S/C22H25ClFN3O2/c1-4-10-26(22(28)17-12-15(23)6-9-20(17)29-3)14-21-25-18-13-16(24)7-8-19(18)27(21)11-5-2/h6-9,12-13H,4-5,10-11,14H2,1-3H3. The third-order valence-electron chi connectivity index (χ3n) is 4.74. The molecule has 5 nitrogen and oxygen atoms in total. The molecule has 2 aromatic carbocycles. The van der Waals surface area contributed by atoms with Crippen LogP contribution in [0.15, 0.2) is 36.4 Å². The molecule has 0 aliphatic rings. The van der Waals surface area contributed by atoms with Crippen molar-refractivity contribution in [2.75, 3.05) is 13.7 Å². The first-order valence-electron chi connectivity index (χ1n) is 9.76. The molecule has 0 aliphatic heterocycles. The number of halogens is 2. The van der Waals surface area contributed by atoms with E-state index < -0.39 is 0 Å². The van der Waals surface area contributed by atoms with E-state index in [0.717, 1.165) is 30.7 Å². The summed E-state index contributed by atoms with van der Waals surface area (Å²) in [6.07, 6.45) is 1.69. The minimum absolute atomic E-state index is 0.174. The van der Waals surface area contributed by atoms with E-state index in [1.54, 1.807) is 29.2 Å². The van der Waals surface area contributed by atoms with Crippen LogP contribution in [-0.2, 0) is 13.1 Å². The van der Waals surface area contributed by atoms with Crippen LogP contribution in [0, 0.1) is 5.82 Å². The second-order valence-electron chi connectivity index (χ2n) is 6.88. The van der Waals surface area contributed by atoms with Crippen LogP contribution in [0.3, 0.4) is 0 Å². The van der Waals surface area contributed by atoms with Gasteiger partial charge < -0.3 is 14.2 Å². The Bertz CT molecular complexity index is 1020. The first-order chi connectivity index (χ1) is 14.0. The van der Waals surface area contributed by atoms with Crippen molar-refractivity contribution >= 4 is 28.5 Å². The molecule has 1 heterocycles. The van der Waals surface area contributed by atoms with Crippen molar-refractivity contribution in [2.45, 2.75) is 39.8 Å². The van der Waals surface area contributed by atoms with Crippen LogP contribution in [0.2, 0.25) is 5.02 Å². The number of nitrogens with zero attached hydrogens (tertiary/aromatic N) is 3. The maximum Gasteiger partial charge on any atom is 0.258 e. The molecule has 3 aromatic rings. The highest BCUT2D eigenvalue weighted by Gasteiger charge is 2.22. The monoisotopic (exact) mass is 417 g/mol. The zero-order chi connectivity index (χ0) is 21.0. The average molecular weight is 418 g/mol. The summed E-state index contributed by atoms with van der Waals surface area (Å²) in [4.78, 5) is 19.7. The van der Waals surface area contributed by atoms with E-state index in [1.807, 2.05) is 6.92 Å². The predicted octanol–water partition coefficient (Wildman–Crippen LogP) is 5.30. The minimum Gasteiger partial charge on any atom is -0.496 e. The third kappa shape index (κ3) is 4.53. The number of carbonyl (C=O) groups is 1. The Labute approximate surface area is 175 Å². The Balaban J connectivity index is 2.00. The number of aryl methyl sites for hydroxylation is 1. The van der Waals surface area contributed by atoms with Gasteiger partial charge in [-0.05, 0) is 43.2 Å². The highest BCUT2D eigenvalue weighted by atomic mass is 35.5. The summed E-state index contributed by atoms with van der Waals surface area (Å²) in [6, 6.07) is 9.60. The van der Waals surface area contributed by atoms with Crippen molar-refractivity contribution < 1.29 is 13.9 Å². The molecule has 1 aromatic heterocycles. The van der Waals surface area contributed by atoms with Crippen molar-refractivity contribution in [2.24, 2.45) is 0 Å². The Morgan fingerprint density at radius 3 is 2.69 bits per heavy atom. The van der Waals surface area contributed by atoms with Gasteiger partial charge in [-0.15, -0.1) is 0 Å². The summed E-state index contributed by atoms with van der Waals surface area (Å²) >= 11 is 6.12. The number of aromatic nitrogens is 2. The Hall–Kier alpha value is -2.60. The van der Waals surface area contributed by atoms with Crippen LogP contribution in [0.1, 0.15) is 42.9 Å². The lowest BCUT2D eigenvalue weighted by Crippen LogP contribution is -2.32. The largest absolute Gasteiger partial charge is 0.496 e. The summed E-state index contributed by atoms with van der Waals surface area (Å²) in [6.45, 7) is 5.70. The number of rotatable bonds is 8. The predicted molar refractivity (Wildman–Crippen MR) is 113 cm³/mol. The van der Waals surface area contributed by atoms with Crippen LogP contribution < -0.4 is 4.74 Å². The summed E-state index contributed by atoms with van der Waals surface area (Å²) in [5.74, 6) is 0.711. The second kappa shape index (κ2) is 9.27. The molecule has 0 saturated heterocycles. The van der Waals surface area contributed by atoms with E-state index in [4.69, 9.17) is 16.3 Å². The van der Waals surface area contributed by atoms with Gasteiger partial charge in [0.25, 0.3) is 5.91 Å². The number of methoxy groups -OCH3 is 1. The van der Waals surface area contributed by atoms with Gasteiger partial charge in [0, 0.05) is 24.2 Å². The SMILES string of the molecule is CCCN(Cc1nc2cc(F)ccc2n1CCC)C(=O)c1cc(Cl)ccc1OC. The molecule has 3 rings (SSSR count). The van der Waals surface area contributed by atoms with E-state index in [9.17, 15) is 9.18 Å². The molecule has 0 atom stereocenters. The number of ether oxygens (including phenoxy) is 1. The van der Waals surface area contributed by atoms with Crippen molar-refractivity contribution in [1.82, 2.24) is 14.5 Å². The van der Waals surface area contributed by atoms with Crippen molar-refractivity contribution in [3.63, 3.8) is 0 Å². The molecule has 0 spiro atoms. The van der Waals surface area contributed by atoms with Gasteiger partial charge in [0.2, 0.25) is 0 Å². The smallest absolute Gasteiger partial charge is 0.258 e. The number of fused-ring (bicyclic) bond motifs is 1. The average Bonchev–Trinajstić information content (AvgIpc) is 3.03. The van der Waals surface area contributed by atoms with Gasteiger partial charge in [-0.1, -0.05) is 25.4 Å². The second-order valence-corrected chi connectivity index (χ2v) is 7.32. The number of imidazole rings is 1. The fourth-order valence-electron chi connectivity index (χ4n) is 3.46. The molecule has 0 unspecified atom stereocenters. The van der Waals surface area contributed by atoms with Crippen LogP contribution in [0.5, 0.6) is 5.75 Å². The molecule has 0 N–H and O–H groups in total. The molecule has 1 amide bonds. The third-order valence-corrected chi connectivity index (χ3v) is 4.98.